The van der Waals surface area contributed by atoms with Crippen molar-refractivity contribution in [2.75, 3.05) is 13.7 Å². The number of hydrogen-bond acceptors (Lipinski definition) is 5. The molecule has 2 aromatic heterocycles. The zero-order valence-electron chi connectivity index (χ0n) is 12.6. The van der Waals surface area contributed by atoms with E-state index in [1.165, 1.54) is 10.8 Å². The third-order valence-electron chi connectivity index (χ3n) is 2.83. The number of pyridine rings is 1. The van der Waals surface area contributed by atoms with Crippen molar-refractivity contribution in [3.05, 3.63) is 28.9 Å². The largest absolute Gasteiger partial charge is 0.443 e. The van der Waals surface area contributed by atoms with Crippen molar-refractivity contribution in [3.63, 3.8) is 0 Å². The van der Waals surface area contributed by atoms with Gasteiger partial charge >= 0.3 is 11.8 Å². The molecule has 0 aliphatic heterocycles. The number of nitrogens with zero attached hydrogens (tertiary/aromatic N) is 3. The van der Waals surface area contributed by atoms with Crippen LogP contribution in [0.3, 0.4) is 0 Å². The van der Waals surface area contributed by atoms with E-state index >= 15 is 0 Å². The van der Waals surface area contributed by atoms with E-state index in [9.17, 15) is 9.59 Å². The van der Waals surface area contributed by atoms with Gasteiger partial charge in [0.25, 0.3) is 0 Å². The Morgan fingerprint density at radius 2 is 2.05 bits per heavy atom. The van der Waals surface area contributed by atoms with E-state index in [0.717, 1.165) is 4.57 Å². The van der Waals surface area contributed by atoms with Gasteiger partial charge in [0, 0.05) is 13.3 Å². The first-order chi connectivity index (χ1) is 9.85. The van der Waals surface area contributed by atoms with Crippen molar-refractivity contribution in [3.8, 4) is 0 Å². The van der Waals surface area contributed by atoms with Gasteiger partial charge in [0.1, 0.15) is 5.60 Å². The lowest BCUT2D eigenvalue weighted by atomic mass is 10.2. The SMILES string of the molecule is COCCn1c(=O)n(C(=O)OC(C)(C)C)c2cnccc21. The molecule has 0 N–H and O–H groups in total. The molecule has 114 valence electrons. The van der Waals surface area contributed by atoms with E-state index in [2.05, 4.69) is 4.98 Å². The maximum absolute atomic E-state index is 12.5. The molecule has 0 bridgehead atoms. The minimum absolute atomic E-state index is 0.353. The van der Waals surface area contributed by atoms with Crippen molar-refractivity contribution in [2.24, 2.45) is 0 Å². The Hall–Kier alpha value is -2.15. The predicted octanol–water partition coefficient (Wildman–Crippen LogP) is 1.63. The van der Waals surface area contributed by atoms with Crippen molar-refractivity contribution in [1.29, 1.82) is 0 Å². The maximum atomic E-state index is 12.5. The van der Waals surface area contributed by atoms with Crippen LogP contribution in [0.1, 0.15) is 20.8 Å². The number of imidazole rings is 1. The number of ether oxygens (including phenoxy) is 2. The Labute approximate surface area is 122 Å². The summed E-state index contributed by atoms with van der Waals surface area (Å²) in [5, 5.41) is 0. The molecule has 21 heavy (non-hydrogen) atoms. The topological polar surface area (TPSA) is 75.3 Å². The van der Waals surface area contributed by atoms with Crippen LogP contribution in [0.2, 0.25) is 0 Å². The summed E-state index contributed by atoms with van der Waals surface area (Å²) in [5.74, 6) is 0. The first-order valence-electron chi connectivity index (χ1n) is 6.62. The number of carbonyl (C=O) groups is 1. The van der Waals surface area contributed by atoms with Gasteiger partial charge in [-0.05, 0) is 26.8 Å². The molecular formula is C14H19N3O4. The summed E-state index contributed by atoms with van der Waals surface area (Å²) in [6, 6.07) is 1.69. The molecule has 0 aromatic carbocycles. The molecule has 0 amide bonds. The number of aromatic nitrogens is 3. The molecule has 7 heteroatoms. The number of fused-ring (bicyclic) bond motifs is 1. The summed E-state index contributed by atoms with van der Waals surface area (Å²) >= 11 is 0. The first kappa shape index (κ1) is 15.2. The third kappa shape index (κ3) is 3.13. The molecular weight excluding hydrogens is 274 g/mol. The molecule has 0 atom stereocenters. The molecule has 0 radical (unpaired) electrons. The molecule has 0 saturated carbocycles. The highest BCUT2D eigenvalue weighted by molar-refractivity contribution is 5.86. The summed E-state index contributed by atoms with van der Waals surface area (Å²) < 4.78 is 12.8. The van der Waals surface area contributed by atoms with Crippen LogP contribution in [0.15, 0.2) is 23.3 Å². The summed E-state index contributed by atoms with van der Waals surface area (Å²) in [6.45, 7) is 5.97. The van der Waals surface area contributed by atoms with Gasteiger partial charge < -0.3 is 9.47 Å². The molecule has 2 heterocycles. The van der Waals surface area contributed by atoms with E-state index in [1.54, 1.807) is 40.1 Å². The third-order valence-corrected chi connectivity index (χ3v) is 2.83. The Kier molecular flexibility index (Phi) is 4.13. The number of methoxy groups -OCH3 is 1. The summed E-state index contributed by atoms with van der Waals surface area (Å²) in [5.41, 5.74) is -0.0882. The fourth-order valence-corrected chi connectivity index (χ4v) is 1.99. The van der Waals surface area contributed by atoms with Crippen molar-refractivity contribution >= 4 is 17.1 Å². The Morgan fingerprint density at radius 3 is 2.67 bits per heavy atom. The molecule has 0 spiro atoms. The molecule has 0 fully saturated rings. The Morgan fingerprint density at radius 1 is 1.33 bits per heavy atom. The quantitative estimate of drug-likeness (QED) is 0.859. The summed E-state index contributed by atoms with van der Waals surface area (Å²) in [7, 11) is 1.56. The van der Waals surface area contributed by atoms with E-state index in [-0.39, 0.29) is 0 Å². The van der Waals surface area contributed by atoms with Gasteiger partial charge in [-0.15, -0.1) is 0 Å². The van der Waals surface area contributed by atoms with Crippen molar-refractivity contribution in [2.45, 2.75) is 32.9 Å². The van der Waals surface area contributed by atoms with Crippen molar-refractivity contribution < 1.29 is 14.3 Å². The fourth-order valence-electron chi connectivity index (χ4n) is 1.99. The van der Waals surface area contributed by atoms with Gasteiger partial charge in [-0.1, -0.05) is 0 Å². The second-order valence-electron chi connectivity index (χ2n) is 5.61. The van der Waals surface area contributed by atoms with Gasteiger partial charge in [-0.3, -0.25) is 9.55 Å². The van der Waals surface area contributed by atoms with Crippen LogP contribution >= 0.6 is 0 Å². The lowest BCUT2D eigenvalue weighted by Gasteiger charge is -2.19. The molecule has 0 aliphatic rings. The van der Waals surface area contributed by atoms with Crippen LogP contribution < -0.4 is 5.69 Å². The average molecular weight is 293 g/mol. The maximum Gasteiger partial charge on any atom is 0.423 e. The minimum Gasteiger partial charge on any atom is -0.443 e. The second kappa shape index (κ2) is 5.69. The zero-order valence-corrected chi connectivity index (χ0v) is 12.6. The van der Waals surface area contributed by atoms with Gasteiger partial charge in [0.2, 0.25) is 0 Å². The standard InChI is InChI=1S/C14H19N3O4/c1-14(2,3)21-13(19)17-11-9-15-6-5-10(11)16(12(17)18)7-8-20-4/h5-6,9H,7-8H2,1-4H3. The van der Waals surface area contributed by atoms with E-state index in [4.69, 9.17) is 9.47 Å². The van der Waals surface area contributed by atoms with Crippen molar-refractivity contribution in [1.82, 2.24) is 14.1 Å². The van der Waals surface area contributed by atoms with E-state index in [1.807, 2.05) is 0 Å². The van der Waals surface area contributed by atoms with Crippen LogP contribution in [0.25, 0.3) is 11.0 Å². The highest BCUT2D eigenvalue weighted by atomic mass is 16.6. The fraction of sp³-hybridized carbons (Fsp3) is 0.500. The van der Waals surface area contributed by atoms with Gasteiger partial charge in [-0.2, -0.15) is 4.57 Å². The highest BCUT2D eigenvalue weighted by Crippen LogP contribution is 2.14. The minimum atomic E-state index is -0.707. The molecule has 2 aromatic rings. The molecule has 0 unspecified atom stereocenters. The zero-order chi connectivity index (χ0) is 15.6. The number of rotatable bonds is 3. The lowest BCUT2D eigenvalue weighted by molar-refractivity contribution is 0.0536. The molecule has 7 nitrogen and oxygen atoms in total. The summed E-state index contributed by atoms with van der Waals surface area (Å²) in [6.07, 6.45) is 2.34. The molecule has 0 saturated heterocycles. The molecule has 2 rings (SSSR count). The number of carbonyl (C=O) groups excluding carboxylic acids is 1. The van der Waals surface area contributed by atoms with Crippen LogP contribution in [0.4, 0.5) is 4.79 Å². The van der Waals surface area contributed by atoms with Gasteiger partial charge in [0.15, 0.2) is 0 Å². The Bertz CT molecular complexity index is 709. The highest BCUT2D eigenvalue weighted by Gasteiger charge is 2.23. The second-order valence-corrected chi connectivity index (χ2v) is 5.61. The Balaban J connectivity index is 2.56. The number of hydrogen-bond donors (Lipinski definition) is 0. The predicted molar refractivity (Wildman–Crippen MR) is 77.5 cm³/mol. The average Bonchev–Trinajstić information content (AvgIpc) is 2.66. The normalized spacial score (nSPS) is 11.8. The smallest absolute Gasteiger partial charge is 0.423 e. The van der Waals surface area contributed by atoms with Crippen LogP contribution in [-0.2, 0) is 16.0 Å². The van der Waals surface area contributed by atoms with Crippen LogP contribution in [-0.4, -0.2) is 39.5 Å². The van der Waals surface area contributed by atoms with E-state index < -0.39 is 17.4 Å². The van der Waals surface area contributed by atoms with Gasteiger partial charge in [0.05, 0.1) is 30.4 Å². The lowest BCUT2D eigenvalue weighted by Crippen LogP contribution is -2.34. The first-order valence-corrected chi connectivity index (χ1v) is 6.62. The monoisotopic (exact) mass is 293 g/mol. The van der Waals surface area contributed by atoms with Gasteiger partial charge in [-0.25, -0.2) is 9.59 Å². The molecule has 0 aliphatic carbocycles. The summed E-state index contributed by atoms with van der Waals surface area (Å²) in [4.78, 5) is 28.7. The van der Waals surface area contributed by atoms with Crippen LogP contribution in [0.5, 0.6) is 0 Å². The van der Waals surface area contributed by atoms with Crippen LogP contribution in [0, 0.1) is 0 Å². The van der Waals surface area contributed by atoms with E-state index in [0.29, 0.717) is 24.2 Å².